The van der Waals surface area contributed by atoms with Crippen LogP contribution in [0.5, 0.6) is 0 Å². The van der Waals surface area contributed by atoms with Gasteiger partial charge in [-0.1, -0.05) is 6.58 Å². The van der Waals surface area contributed by atoms with Crippen LogP contribution in [0.3, 0.4) is 0 Å². The molecule has 0 atom stereocenters. The van der Waals surface area contributed by atoms with E-state index in [0.29, 0.717) is 0 Å². The molecule has 0 radical (unpaired) electrons. The van der Waals surface area contributed by atoms with Crippen LogP contribution in [-0.4, -0.2) is 6.54 Å². The minimum absolute atomic E-state index is 0.00166. The van der Waals surface area contributed by atoms with Crippen LogP contribution >= 0.6 is 0 Å². The Balaban J connectivity index is 3.45. The molecule has 0 amide bonds. The van der Waals surface area contributed by atoms with Crippen molar-refractivity contribution in [2.75, 3.05) is 6.54 Å². The van der Waals surface area contributed by atoms with Gasteiger partial charge in [0.05, 0.1) is 5.56 Å². The summed E-state index contributed by atoms with van der Waals surface area (Å²) in [5.74, 6) is -9.90. The Kier molecular flexibility index (Phi) is 3.64. The first-order valence-corrected chi connectivity index (χ1v) is 4.31. The molecule has 0 aliphatic rings. The van der Waals surface area contributed by atoms with Crippen molar-refractivity contribution in [3.8, 4) is 0 Å². The number of halogens is 5. The molecule has 0 bridgehead atoms. The molecule has 0 aliphatic heterocycles. The van der Waals surface area contributed by atoms with Crippen LogP contribution in [0.4, 0.5) is 22.0 Å². The third-order valence-electron chi connectivity index (χ3n) is 2.01. The monoisotopic (exact) mass is 237 g/mol. The molecule has 88 valence electrons. The summed E-state index contributed by atoms with van der Waals surface area (Å²) >= 11 is 0. The van der Waals surface area contributed by atoms with Crippen LogP contribution < -0.4 is 5.73 Å². The van der Waals surface area contributed by atoms with E-state index in [2.05, 4.69) is 6.58 Å². The van der Waals surface area contributed by atoms with Gasteiger partial charge >= 0.3 is 0 Å². The number of hydrogen-bond acceptors (Lipinski definition) is 1. The van der Waals surface area contributed by atoms with Crippen molar-refractivity contribution >= 4 is 5.57 Å². The zero-order valence-corrected chi connectivity index (χ0v) is 8.09. The summed E-state index contributed by atoms with van der Waals surface area (Å²) in [4.78, 5) is 0. The van der Waals surface area contributed by atoms with Gasteiger partial charge in [0.25, 0.3) is 0 Å². The number of rotatable bonds is 3. The first-order chi connectivity index (χ1) is 7.41. The summed E-state index contributed by atoms with van der Waals surface area (Å²) in [6.45, 7) is 3.23. The van der Waals surface area contributed by atoms with E-state index in [4.69, 9.17) is 5.73 Å². The van der Waals surface area contributed by atoms with E-state index >= 15 is 0 Å². The second-order valence-electron chi connectivity index (χ2n) is 3.09. The lowest BCUT2D eigenvalue weighted by atomic mass is 10.0. The highest BCUT2D eigenvalue weighted by Gasteiger charge is 2.26. The fourth-order valence-electron chi connectivity index (χ4n) is 1.21. The second-order valence-corrected chi connectivity index (χ2v) is 3.09. The van der Waals surface area contributed by atoms with E-state index in [1.165, 1.54) is 0 Å². The van der Waals surface area contributed by atoms with E-state index in [0.717, 1.165) is 0 Å². The molecular weight excluding hydrogens is 229 g/mol. The molecule has 0 aromatic heterocycles. The first-order valence-electron chi connectivity index (χ1n) is 4.31. The van der Waals surface area contributed by atoms with Crippen LogP contribution in [0.2, 0.25) is 0 Å². The Morgan fingerprint density at radius 2 is 1.25 bits per heavy atom. The lowest BCUT2D eigenvalue weighted by molar-refractivity contribution is 0.376. The van der Waals surface area contributed by atoms with Crippen molar-refractivity contribution in [3.05, 3.63) is 41.2 Å². The third-order valence-corrected chi connectivity index (χ3v) is 2.01. The quantitative estimate of drug-likeness (QED) is 0.488. The fourth-order valence-corrected chi connectivity index (χ4v) is 1.21. The molecular formula is C10H8F5N. The molecule has 6 heteroatoms. The molecule has 0 spiro atoms. The Labute approximate surface area is 88.4 Å². The molecule has 2 N–H and O–H groups in total. The van der Waals surface area contributed by atoms with Gasteiger partial charge in [0, 0.05) is 0 Å². The zero-order chi connectivity index (χ0) is 12.5. The highest BCUT2D eigenvalue weighted by Crippen LogP contribution is 2.28. The summed E-state index contributed by atoms with van der Waals surface area (Å²) in [7, 11) is 0. The molecule has 0 heterocycles. The Bertz CT molecular complexity index is 412. The van der Waals surface area contributed by atoms with E-state index in [1.54, 1.807) is 0 Å². The SMILES string of the molecule is C=C(CCN)c1c(F)c(F)c(F)c(F)c1F. The molecule has 0 aliphatic carbocycles. The van der Waals surface area contributed by atoms with E-state index in [-0.39, 0.29) is 18.5 Å². The summed E-state index contributed by atoms with van der Waals surface area (Å²) < 4.78 is 64.5. The van der Waals surface area contributed by atoms with Crippen LogP contribution in [0, 0.1) is 29.1 Å². The van der Waals surface area contributed by atoms with Gasteiger partial charge in [-0.15, -0.1) is 0 Å². The maximum Gasteiger partial charge on any atom is 0.200 e. The Hall–Kier alpha value is -1.43. The van der Waals surface area contributed by atoms with Crippen molar-refractivity contribution in [2.24, 2.45) is 5.73 Å². The highest BCUT2D eigenvalue weighted by atomic mass is 19.2. The normalized spacial score (nSPS) is 10.6. The smallest absolute Gasteiger partial charge is 0.200 e. The molecule has 1 rings (SSSR count). The van der Waals surface area contributed by atoms with Crippen molar-refractivity contribution in [1.82, 2.24) is 0 Å². The summed E-state index contributed by atoms with van der Waals surface area (Å²) in [5, 5.41) is 0. The molecule has 1 aromatic carbocycles. The van der Waals surface area contributed by atoms with Crippen molar-refractivity contribution in [3.63, 3.8) is 0 Å². The van der Waals surface area contributed by atoms with Gasteiger partial charge in [0.2, 0.25) is 5.82 Å². The van der Waals surface area contributed by atoms with Crippen LogP contribution in [0.1, 0.15) is 12.0 Å². The Morgan fingerprint density at radius 3 is 1.62 bits per heavy atom. The maximum atomic E-state index is 13.2. The van der Waals surface area contributed by atoms with Crippen LogP contribution in [-0.2, 0) is 0 Å². The van der Waals surface area contributed by atoms with Crippen molar-refractivity contribution < 1.29 is 22.0 Å². The van der Waals surface area contributed by atoms with Gasteiger partial charge < -0.3 is 5.73 Å². The van der Waals surface area contributed by atoms with Crippen LogP contribution in [0.15, 0.2) is 6.58 Å². The average molecular weight is 237 g/mol. The maximum absolute atomic E-state index is 13.2. The van der Waals surface area contributed by atoms with E-state index in [1.807, 2.05) is 0 Å². The fraction of sp³-hybridized carbons (Fsp3) is 0.200. The van der Waals surface area contributed by atoms with Gasteiger partial charge in [-0.3, -0.25) is 0 Å². The van der Waals surface area contributed by atoms with Crippen LogP contribution in [0.25, 0.3) is 5.57 Å². The van der Waals surface area contributed by atoms with Crippen molar-refractivity contribution in [2.45, 2.75) is 6.42 Å². The zero-order valence-electron chi connectivity index (χ0n) is 8.09. The first kappa shape index (κ1) is 12.6. The summed E-state index contributed by atoms with van der Waals surface area (Å²) in [6, 6.07) is 0. The van der Waals surface area contributed by atoms with Gasteiger partial charge in [-0.05, 0) is 18.5 Å². The molecule has 16 heavy (non-hydrogen) atoms. The topological polar surface area (TPSA) is 26.0 Å². The number of nitrogens with two attached hydrogens (primary N) is 1. The van der Waals surface area contributed by atoms with Gasteiger partial charge in [-0.25, -0.2) is 22.0 Å². The molecule has 1 aromatic rings. The summed E-state index contributed by atoms with van der Waals surface area (Å²) in [5.41, 5.74) is 3.88. The lowest BCUT2D eigenvalue weighted by Gasteiger charge is -2.09. The molecule has 0 saturated heterocycles. The molecule has 1 nitrogen and oxygen atoms in total. The van der Waals surface area contributed by atoms with Crippen molar-refractivity contribution in [1.29, 1.82) is 0 Å². The number of benzene rings is 1. The summed E-state index contributed by atoms with van der Waals surface area (Å²) in [6.07, 6.45) is -0.0572. The highest BCUT2D eigenvalue weighted by molar-refractivity contribution is 5.64. The van der Waals surface area contributed by atoms with E-state index < -0.39 is 34.6 Å². The average Bonchev–Trinajstić information content (AvgIpc) is 2.24. The minimum atomic E-state index is -2.18. The van der Waals surface area contributed by atoms with E-state index in [9.17, 15) is 22.0 Å². The minimum Gasteiger partial charge on any atom is -0.330 e. The Morgan fingerprint density at radius 1 is 0.875 bits per heavy atom. The molecule has 0 fully saturated rings. The second kappa shape index (κ2) is 4.61. The lowest BCUT2D eigenvalue weighted by Crippen LogP contribution is -2.08. The predicted octanol–water partition coefficient (Wildman–Crippen LogP) is 2.74. The molecule has 0 saturated carbocycles. The molecule has 0 unspecified atom stereocenters. The standard InChI is InChI=1S/C10H8F5N/c1-4(2-3-16)5-6(11)8(13)10(15)9(14)7(5)12/h1-3,16H2. The number of hydrogen-bond donors (Lipinski definition) is 1. The van der Waals surface area contributed by atoms with Gasteiger partial charge in [-0.2, -0.15) is 0 Å². The van der Waals surface area contributed by atoms with Gasteiger partial charge in [0.1, 0.15) is 0 Å². The largest absolute Gasteiger partial charge is 0.330 e. The predicted molar refractivity (Wildman–Crippen MR) is 48.9 cm³/mol. The van der Waals surface area contributed by atoms with Gasteiger partial charge in [0.15, 0.2) is 23.3 Å². The third kappa shape index (κ3) is 1.92.